The number of rotatable bonds is 11. The first kappa shape index (κ1) is 33.0. The predicted octanol–water partition coefficient (Wildman–Crippen LogP) is 6.50. The lowest BCUT2D eigenvalue weighted by molar-refractivity contribution is -0.384. The van der Waals surface area contributed by atoms with Crippen molar-refractivity contribution in [1.29, 1.82) is 0 Å². The van der Waals surface area contributed by atoms with E-state index in [9.17, 15) is 36.5 Å². The Morgan fingerprint density at radius 1 is 1.02 bits per heavy atom. The van der Waals surface area contributed by atoms with Gasteiger partial charge in [-0.15, -0.1) is 0 Å². The van der Waals surface area contributed by atoms with E-state index >= 15 is 0 Å². The predicted molar refractivity (Wildman–Crippen MR) is 162 cm³/mol. The zero-order chi connectivity index (χ0) is 32.8. The van der Waals surface area contributed by atoms with Gasteiger partial charge in [-0.2, -0.15) is 18.3 Å². The number of hydrogen-bond acceptors (Lipinski definition) is 7. The summed E-state index contributed by atoms with van der Waals surface area (Å²) in [5, 5.41) is 14.0. The molecule has 0 saturated carbocycles. The molecule has 0 aromatic heterocycles. The molecule has 0 aliphatic carbocycles. The first-order chi connectivity index (χ1) is 21.2. The maximum atomic E-state index is 13.6. The molecule has 0 heterocycles. The molecule has 0 atom stereocenters. The molecule has 4 aromatic carbocycles. The molecule has 1 amide bonds. The van der Waals surface area contributed by atoms with Crippen molar-refractivity contribution >= 4 is 45.1 Å². The topological polar surface area (TPSA) is 131 Å². The van der Waals surface area contributed by atoms with Crippen LogP contribution in [0.3, 0.4) is 0 Å². The third kappa shape index (κ3) is 8.58. The van der Waals surface area contributed by atoms with Crippen molar-refractivity contribution in [3.8, 4) is 5.75 Å². The van der Waals surface area contributed by atoms with E-state index in [1.807, 2.05) is 0 Å². The number of carbonyl (C=O) groups is 1. The Bertz CT molecular complexity index is 1820. The van der Waals surface area contributed by atoms with Crippen LogP contribution in [0.25, 0.3) is 0 Å². The fourth-order valence-corrected chi connectivity index (χ4v) is 5.55. The Morgan fingerprint density at radius 3 is 2.27 bits per heavy atom. The van der Waals surface area contributed by atoms with E-state index < -0.39 is 49.8 Å². The number of hydrazone groups is 1. The second kappa shape index (κ2) is 13.8. The lowest BCUT2D eigenvalue weighted by Crippen LogP contribution is -2.39. The van der Waals surface area contributed by atoms with Crippen molar-refractivity contribution in [2.24, 2.45) is 5.10 Å². The van der Waals surface area contributed by atoms with Gasteiger partial charge in [-0.1, -0.05) is 29.3 Å². The number of carbonyl (C=O) groups excluding carboxylic acids is 1. The van der Waals surface area contributed by atoms with Crippen molar-refractivity contribution in [2.45, 2.75) is 24.6 Å². The van der Waals surface area contributed by atoms with Crippen molar-refractivity contribution < 1.29 is 36.0 Å². The summed E-state index contributed by atoms with van der Waals surface area (Å²) in [6.45, 7) is 1.01. The number of anilines is 1. The fraction of sp³-hybridized carbons (Fsp3) is 0.133. The van der Waals surface area contributed by atoms with Crippen molar-refractivity contribution in [2.75, 3.05) is 10.8 Å². The minimum absolute atomic E-state index is 0.0318. The number of nitro groups is 1. The molecule has 1 N–H and O–H groups in total. The van der Waals surface area contributed by atoms with Gasteiger partial charge in [-0.25, -0.2) is 13.8 Å². The average molecular weight is 661 g/mol. The molecule has 0 fully saturated rings. The van der Waals surface area contributed by atoms with Crippen LogP contribution in [0.15, 0.2) is 101 Å². The fourth-order valence-electron chi connectivity index (χ4n) is 3.91. The third-order valence-corrected chi connectivity index (χ3v) is 8.39. The minimum atomic E-state index is -4.87. The van der Waals surface area contributed by atoms with Gasteiger partial charge in [0.1, 0.15) is 18.9 Å². The highest BCUT2D eigenvalue weighted by Crippen LogP contribution is 2.38. The van der Waals surface area contributed by atoms with E-state index in [0.717, 1.165) is 23.3 Å². The molecule has 0 unspecified atom stereocenters. The lowest BCUT2D eigenvalue weighted by Gasteiger charge is -2.25. The van der Waals surface area contributed by atoms with Crippen LogP contribution in [-0.2, 0) is 27.6 Å². The van der Waals surface area contributed by atoms with Gasteiger partial charge in [0, 0.05) is 12.1 Å². The molecule has 10 nitrogen and oxygen atoms in total. The van der Waals surface area contributed by atoms with Gasteiger partial charge in [0.2, 0.25) is 0 Å². The molecule has 15 heteroatoms. The summed E-state index contributed by atoms with van der Waals surface area (Å²) < 4.78 is 73.8. The van der Waals surface area contributed by atoms with E-state index in [-0.39, 0.29) is 17.2 Å². The van der Waals surface area contributed by atoms with Gasteiger partial charge in [0.25, 0.3) is 21.6 Å². The number of benzene rings is 4. The number of ether oxygens (including phenoxy) is 1. The molecular formula is C30H24ClF3N4O6S. The van der Waals surface area contributed by atoms with Crippen LogP contribution in [-0.4, -0.2) is 32.0 Å². The first-order valence-corrected chi connectivity index (χ1v) is 14.8. The second-order valence-electron chi connectivity index (χ2n) is 9.56. The zero-order valence-corrected chi connectivity index (χ0v) is 24.9. The zero-order valence-electron chi connectivity index (χ0n) is 23.4. The highest BCUT2D eigenvalue weighted by Gasteiger charge is 2.35. The van der Waals surface area contributed by atoms with E-state index in [2.05, 4.69) is 10.5 Å². The minimum Gasteiger partial charge on any atom is -0.489 e. The Labute approximate surface area is 260 Å². The number of aryl methyl sites for hydroxylation is 1. The van der Waals surface area contributed by atoms with Crippen LogP contribution < -0.4 is 14.5 Å². The normalized spacial score (nSPS) is 11.8. The summed E-state index contributed by atoms with van der Waals surface area (Å²) in [6.07, 6.45) is -3.59. The monoisotopic (exact) mass is 660 g/mol. The Hall–Kier alpha value is -4.95. The van der Waals surface area contributed by atoms with Gasteiger partial charge >= 0.3 is 6.18 Å². The van der Waals surface area contributed by atoms with Crippen LogP contribution in [0.2, 0.25) is 5.02 Å². The summed E-state index contributed by atoms with van der Waals surface area (Å²) in [5.74, 6) is -0.429. The number of alkyl halides is 3. The molecular weight excluding hydrogens is 637 g/mol. The number of nitro benzene ring substituents is 1. The molecule has 0 bridgehead atoms. The van der Waals surface area contributed by atoms with Crippen molar-refractivity contribution in [3.63, 3.8) is 0 Å². The van der Waals surface area contributed by atoms with E-state index in [4.69, 9.17) is 16.3 Å². The van der Waals surface area contributed by atoms with Gasteiger partial charge in [0.15, 0.2) is 0 Å². The second-order valence-corrected chi connectivity index (χ2v) is 11.8. The smallest absolute Gasteiger partial charge is 0.417 e. The number of hydrogen-bond donors (Lipinski definition) is 1. The van der Waals surface area contributed by atoms with Gasteiger partial charge in [0.05, 0.1) is 32.3 Å². The summed E-state index contributed by atoms with van der Waals surface area (Å²) >= 11 is 5.72. The Morgan fingerprint density at radius 2 is 1.67 bits per heavy atom. The SMILES string of the molecule is Cc1ccc(S(=O)(=O)N(CC(=O)N/N=C\c2ccc(OCc3ccc([N+](=O)[O-])cc3)cc2)c2ccc(Cl)c(C(F)(F)F)c2)cc1. The van der Waals surface area contributed by atoms with E-state index in [1.54, 1.807) is 43.3 Å². The number of non-ortho nitro benzene ring substituents is 1. The van der Waals surface area contributed by atoms with Crippen LogP contribution >= 0.6 is 11.6 Å². The molecule has 45 heavy (non-hydrogen) atoms. The standard InChI is InChI=1S/C30H24ClF3N4O6S/c1-20-2-13-26(14-3-20)45(42,43)37(24-10-15-28(31)27(16-24)30(32,33)34)18-29(39)36-35-17-21-6-11-25(12-7-21)44-19-22-4-8-23(9-5-22)38(40)41/h2-17H,18-19H2,1H3,(H,36,39)/b35-17-. The maximum Gasteiger partial charge on any atom is 0.417 e. The average Bonchev–Trinajstić information content (AvgIpc) is 2.99. The third-order valence-electron chi connectivity index (χ3n) is 6.28. The Kier molecular flexibility index (Phi) is 10.1. The number of nitrogens with zero attached hydrogens (tertiary/aromatic N) is 3. The highest BCUT2D eigenvalue weighted by atomic mass is 35.5. The number of nitrogens with one attached hydrogen (secondary N) is 1. The van der Waals surface area contributed by atoms with Gasteiger partial charge in [-0.05, 0) is 84.8 Å². The first-order valence-electron chi connectivity index (χ1n) is 13.0. The molecule has 0 saturated heterocycles. The summed E-state index contributed by atoms with van der Waals surface area (Å²) in [6, 6.07) is 20.6. The number of halogens is 4. The quantitative estimate of drug-likeness (QED) is 0.111. The van der Waals surface area contributed by atoms with Crippen molar-refractivity contribution in [3.05, 3.63) is 128 Å². The molecule has 0 aliphatic heterocycles. The van der Waals surface area contributed by atoms with Crippen LogP contribution in [0, 0.1) is 17.0 Å². The van der Waals surface area contributed by atoms with Crippen LogP contribution in [0.4, 0.5) is 24.5 Å². The summed E-state index contributed by atoms with van der Waals surface area (Å²) in [7, 11) is -4.49. The molecule has 0 aliphatic rings. The van der Waals surface area contributed by atoms with Crippen molar-refractivity contribution in [1.82, 2.24) is 5.43 Å². The number of amides is 1. The molecule has 4 rings (SSSR count). The maximum absolute atomic E-state index is 13.6. The molecule has 0 spiro atoms. The molecule has 234 valence electrons. The van der Waals surface area contributed by atoms with Gasteiger partial charge in [-0.3, -0.25) is 19.2 Å². The van der Waals surface area contributed by atoms with Gasteiger partial charge < -0.3 is 4.74 Å². The lowest BCUT2D eigenvalue weighted by atomic mass is 10.2. The van der Waals surface area contributed by atoms with E-state index in [0.29, 0.717) is 21.7 Å². The molecule has 4 aromatic rings. The summed E-state index contributed by atoms with van der Waals surface area (Å²) in [5.41, 5.74) is 2.49. The van der Waals surface area contributed by atoms with Crippen LogP contribution in [0.1, 0.15) is 22.3 Å². The Balaban J connectivity index is 1.45. The summed E-state index contributed by atoms with van der Waals surface area (Å²) in [4.78, 5) is 22.8. The highest BCUT2D eigenvalue weighted by molar-refractivity contribution is 7.92. The largest absolute Gasteiger partial charge is 0.489 e. The molecule has 0 radical (unpaired) electrons. The number of sulfonamides is 1. The van der Waals surface area contributed by atoms with E-state index in [1.165, 1.54) is 42.6 Å². The van der Waals surface area contributed by atoms with Crippen LogP contribution in [0.5, 0.6) is 5.75 Å².